The molecule has 0 aliphatic carbocycles. The summed E-state index contributed by atoms with van der Waals surface area (Å²) in [6.45, 7) is 6.64. The summed E-state index contributed by atoms with van der Waals surface area (Å²) in [5.41, 5.74) is 4.20. The van der Waals surface area contributed by atoms with Crippen molar-refractivity contribution in [2.24, 2.45) is 0 Å². The van der Waals surface area contributed by atoms with Gasteiger partial charge in [-0.1, -0.05) is 24.3 Å². The largest absolute Gasteiger partial charge is 0.292 e. The first kappa shape index (κ1) is 15.9. The van der Waals surface area contributed by atoms with Crippen molar-refractivity contribution in [1.82, 2.24) is 24.5 Å². The second-order valence-corrected chi connectivity index (χ2v) is 5.83. The number of hydrogen-bond acceptors (Lipinski definition) is 4. The molecule has 0 saturated heterocycles. The lowest BCUT2D eigenvalue weighted by molar-refractivity contribution is -0.117. The molecular formula is C17H20N6O. The van der Waals surface area contributed by atoms with Crippen LogP contribution >= 0.6 is 0 Å². The molecule has 2 aromatic heterocycles. The van der Waals surface area contributed by atoms with Gasteiger partial charge in [-0.05, 0) is 38.0 Å². The Morgan fingerprint density at radius 1 is 1.17 bits per heavy atom. The number of amides is 1. The van der Waals surface area contributed by atoms with Crippen LogP contribution in [0.5, 0.6) is 0 Å². The third kappa shape index (κ3) is 3.68. The van der Waals surface area contributed by atoms with E-state index in [-0.39, 0.29) is 12.5 Å². The van der Waals surface area contributed by atoms with Gasteiger partial charge in [0, 0.05) is 5.69 Å². The highest BCUT2D eigenvalue weighted by Crippen LogP contribution is 2.09. The van der Waals surface area contributed by atoms with Gasteiger partial charge in [0.15, 0.2) is 0 Å². The maximum atomic E-state index is 12.1. The molecular weight excluding hydrogens is 304 g/mol. The zero-order valence-electron chi connectivity index (χ0n) is 14.0. The van der Waals surface area contributed by atoms with Crippen LogP contribution in [0.25, 0.3) is 0 Å². The number of anilines is 1. The summed E-state index contributed by atoms with van der Waals surface area (Å²) in [6.07, 6.45) is 1.62. The van der Waals surface area contributed by atoms with Gasteiger partial charge in [0.05, 0.1) is 12.2 Å². The maximum Gasteiger partial charge on any atom is 0.248 e. The Hall–Kier alpha value is -2.96. The van der Waals surface area contributed by atoms with Crippen molar-refractivity contribution < 1.29 is 4.79 Å². The van der Waals surface area contributed by atoms with Crippen LogP contribution in [0.1, 0.15) is 22.5 Å². The molecule has 0 radical (unpaired) electrons. The van der Waals surface area contributed by atoms with Gasteiger partial charge in [-0.3, -0.25) is 14.8 Å². The summed E-state index contributed by atoms with van der Waals surface area (Å²) < 4.78 is 3.37. The third-order valence-corrected chi connectivity index (χ3v) is 3.78. The molecule has 1 aromatic carbocycles. The number of aryl methyl sites for hydroxylation is 3. The molecule has 1 amide bonds. The van der Waals surface area contributed by atoms with Crippen molar-refractivity contribution in [3.8, 4) is 0 Å². The molecule has 2 heterocycles. The van der Waals surface area contributed by atoms with Crippen LogP contribution in [0.15, 0.2) is 36.7 Å². The van der Waals surface area contributed by atoms with Crippen LogP contribution in [0, 0.1) is 20.8 Å². The Morgan fingerprint density at radius 3 is 2.67 bits per heavy atom. The highest BCUT2D eigenvalue weighted by atomic mass is 16.2. The van der Waals surface area contributed by atoms with Gasteiger partial charge in [0.1, 0.15) is 12.9 Å². The van der Waals surface area contributed by atoms with Gasteiger partial charge in [0.2, 0.25) is 11.9 Å². The lowest BCUT2D eigenvalue weighted by Crippen LogP contribution is -2.21. The highest BCUT2D eigenvalue weighted by Gasteiger charge is 2.10. The first-order chi connectivity index (χ1) is 11.5. The lowest BCUT2D eigenvalue weighted by atomic mass is 10.1. The van der Waals surface area contributed by atoms with E-state index >= 15 is 0 Å². The monoisotopic (exact) mass is 324 g/mol. The van der Waals surface area contributed by atoms with Gasteiger partial charge in [-0.15, -0.1) is 5.10 Å². The molecule has 0 atom stereocenters. The summed E-state index contributed by atoms with van der Waals surface area (Å²) in [4.78, 5) is 16.2. The van der Waals surface area contributed by atoms with Crippen LogP contribution in [-0.2, 0) is 17.9 Å². The molecule has 0 spiro atoms. The zero-order chi connectivity index (χ0) is 17.1. The Balaban J connectivity index is 1.62. The van der Waals surface area contributed by atoms with E-state index in [1.165, 1.54) is 11.1 Å². The van der Waals surface area contributed by atoms with Crippen molar-refractivity contribution in [3.63, 3.8) is 0 Å². The van der Waals surface area contributed by atoms with E-state index in [2.05, 4.69) is 39.6 Å². The van der Waals surface area contributed by atoms with Crippen LogP contribution < -0.4 is 5.32 Å². The summed E-state index contributed by atoms with van der Waals surface area (Å²) >= 11 is 0. The number of benzene rings is 1. The molecule has 24 heavy (non-hydrogen) atoms. The van der Waals surface area contributed by atoms with Gasteiger partial charge < -0.3 is 0 Å². The number of nitrogens with one attached hydrogen (secondary N) is 1. The van der Waals surface area contributed by atoms with Crippen LogP contribution in [0.2, 0.25) is 0 Å². The molecule has 0 unspecified atom stereocenters. The average Bonchev–Trinajstić information content (AvgIpc) is 3.08. The summed E-state index contributed by atoms with van der Waals surface area (Å²) in [6, 6.07) is 10.0. The summed E-state index contributed by atoms with van der Waals surface area (Å²) in [7, 11) is 0. The molecule has 3 aromatic rings. The van der Waals surface area contributed by atoms with Crippen molar-refractivity contribution in [2.75, 3.05) is 5.32 Å². The molecule has 0 aliphatic rings. The Kier molecular flexibility index (Phi) is 4.41. The van der Waals surface area contributed by atoms with Crippen molar-refractivity contribution in [2.45, 2.75) is 33.9 Å². The molecule has 1 N–H and O–H groups in total. The van der Waals surface area contributed by atoms with Crippen LogP contribution in [0.3, 0.4) is 0 Å². The molecule has 0 saturated carbocycles. The SMILES string of the molecule is Cc1cc(C)n(CC(=O)Nc2ncn(Cc3ccccc3C)n2)n1. The quantitative estimate of drug-likeness (QED) is 0.779. The Labute approximate surface area is 140 Å². The van der Waals surface area contributed by atoms with Gasteiger partial charge in [-0.2, -0.15) is 5.10 Å². The first-order valence-electron chi connectivity index (χ1n) is 7.76. The molecule has 0 bridgehead atoms. The van der Waals surface area contributed by atoms with Crippen molar-refractivity contribution >= 4 is 11.9 Å². The van der Waals surface area contributed by atoms with E-state index < -0.39 is 0 Å². The number of carbonyl (C=O) groups excluding carboxylic acids is 1. The molecule has 0 fully saturated rings. The topological polar surface area (TPSA) is 77.6 Å². The number of aromatic nitrogens is 5. The normalized spacial score (nSPS) is 10.8. The molecule has 7 nitrogen and oxygen atoms in total. The standard InChI is InChI=1S/C17H20N6O/c1-12-6-4-5-7-15(12)9-22-11-18-17(21-22)19-16(24)10-23-14(3)8-13(2)20-23/h4-8,11H,9-10H2,1-3H3,(H,19,21,24). The number of carbonyl (C=O) groups is 1. The van der Waals surface area contributed by atoms with Gasteiger partial charge >= 0.3 is 0 Å². The van der Waals surface area contributed by atoms with Crippen LogP contribution in [0.4, 0.5) is 5.95 Å². The van der Waals surface area contributed by atoms with Gasteiger partial charge in [-0.25, -0.2) is 9.67 Å². The number of hydrogen-bond donors (Lipinski definition) is 1. The fourth-order valence-electron chi connectivity index (χ4n) is 2.53. The van der Waals surface area contributed by atoms with Crippen LogP contribution in [-0.4, -0.2) is 30.5 Å². The second kappa shape index (κ2) is 6.66. The van der Waals surface area contributed by atoms with Crippen molar-refractivity contribution in [3.05, 3.63) is 59.2 Å². The van der Waals surface area contributed by atoms with Gasteiger partial charge in [0.25, 0.3) is 0 Å². The molecule has 124 valence electrons. The first-order valence-corrected chi connectivity index (χ1v) is 7.76. The van der Waals surface area contributed by atoms with Crippen molar-refractivity contribution in [1.29, 1.82) is 0 Å². The summed E-state index contributed by atoms with van der Waals surface area (Å²) in [5, 5.41) is 11.3. The minimum absolute atomic E-state index is 0.145. The maximum absolute atomic E-state index is 12.1. The second-order valence-electron chi connectivity index (χ2n) is 5.83. The molecule has 0 aliphatic heterocycles. The zero-order valence-corrected chi connectivity index (χ0v) is 14.0. The Bertz CT molecular complexity index is 864. The van der Waals surface area contributed by atoms with E-state index in [0.29, 0.717) is 12.5 Å². The predicted molar refractivity (Wildman–Crippen MR) is 90.6 cm³/mol. The fraction of sp³-hybridized carbons (Fsp3) is 0.294. The molecule has 3 rings (SSSR count). The number of rotatable bonds is 5. The minimum Gasteiger partial charge on any atom is -0.292 e. The highest BCUT2D eigenvalue weighted by molar-refractivity contribution is 5.88. The summed E-state index contributed by atoms with van der Waals surface area (Å²) in [5.74, 6) is 0.102. The van der Waals surface area contributed by atoms with E-state index in [4.69, 9.17) is 0 Å². The van der Waals surface area contributed by atoms with E-state index in [1.54, 1.807) is 15.7 Å². The lowest BCUT2D eigenvalue weighted by Gasteiger charge is -2.05. The minimum atomic E-state index is -0.199. The fourth-order valence-corrected chi connectivity index (χ4v) is 2.53. The Morgan fingerprint density at radius 2 is 1.96 bits per heavy atom. The van der Waals surface area contributed by atoms with E-state index in [0.717, 1.165) is 11.4 Å². The third-order valence-electron chi connectivity index (χ3n) is 3.78. The number of nitrogens with zero attached hydrogens (tertiary/aromatic N) is 5. The molecule has 7 heteroatoms. The predicted octanol–water partition coefficient (Wildman–Crippen LogP) is 2.09. The average molecular weight is 324 g/mol. The van der Waals surface area contributed by atoms with E-state index in [9.17, 15) is 4.79 Å². The smallest absolute Gasteiger partial charge is 0.248 e. The van der Waals surface area contributed by atoms with E-state index in [1.807, 2.05) is 32.0 Å².